The smallest absolute Gasteiger partial charge is 0.232 e. The molecule has 0 bridgehead atoms. The zero-order chi connectivity index (χ0) is 14.3. The van der Waals surface area contributed by atoms with Crippen LogP contribution in [0.15, 0.2) is 18.2 Å². The third kappa shape index (κ3) is 5.99. The van der Waals surface area contributed by atoms with Gasteiger partial charge < -0.3 is 5.32 Å². The Labute approximate surface area is 124 Å². The van der Waals surface area contributed by atoms with Crippen LogP contribution in [0.2, 0.25) is 10.0 Å². The Morgan fingerprint density at radius 1 is 1.16 bits per heavy atom. The molecule has 0 atom stereocenters. The van der Waals surface area contributed by atoms with E-state index in [1.165, 1.54) is 0 Å². The molecule has 0 spiro atoms. The van der Waals surface area contributed by atoms with Crippen molar-refractivity contribution in [2.75, 3.05) is 23.6 Å². The highest BCUT2D eigenvalue weighted by atomic mass is 35.5. The molecule has 0 heterocycles. The van der Waals surface area contributed by atoms with E-state index < -0.39 is 10.0 Å². The standard InChI is InChI=1S/C12H18Cl2N2O2S/c1-2-15-8-3-4-9-19(17,18)16-12-10(13)6-5-7-11(12)14/h5-7,15-16H,2-4,8-9H2,1H3. The number of hydrogen-bond acceptors (Lipinski definition) is 3. The molecule has 0 saturated heterocycles. The normalized spacial score (nSPS) is 11.5. The third-order valence-electron chi connectivity index (χ3n) is 2.49. The van der Waals surface area contributed by atoms with E-state index in [4.69, 9.17) is 23.2 Å². The number of hydrogen-bond donors (Lipinski definition) is 2. The second-order valence-electron chi connectivity index (χ2n) is 4.08. The monoisotopic (exact) mass is 324 g/mol. The van der Waals surface area contributed by atoms with Crippen LogP contribution in [0.25, 0.3) is 0 Å². The lowest BCUT2D eigenvalue weighted by Crippen LogP contribution is -2.19. The van der Waals surface area contributed by atoms with Crippen molar-refractivity contribution in [1.82, 2.24) is 5.32 Å². The SMILES string of the molecule is CCNCCCCS(=O)(=O)Nc1c(Cl)cccc1Cl. The molecule has 108 valence electrons. The molecular weight excluding hydrogens is 307 g/mol. The van der Waals surface area contributed by atoms with Gasteiger partial charge in [-0.25, -0.2) is 8.42 Å². The van der Waals surface area contributed by atoms with Crippen molar-refractivity contribution in [3.8, 4) is 0 Å². The summed E-state index contributed by atoms with van der Waals surface area (Å²) in [6, 6.07) is 4.85. The van der Waals surface area contributed by atoms with Crippen LogP contribution in [-0.4, -0.2) is 27.3 Å². The molecule has 0 radical (unpaired) electrons. The molecule has 7 heteroatoms. The lowest BCUT2D eigenvalue weighted by molar-refractivity contribution is 0.593. The fourth-order valence-electron chi connectivity index (χ4n) is 1.52. The Morgan fingerprint density at radius 3 is 2.37 bits per heavy atom. The average molecular weight is 325 g/mol. The first-order valence-corrected chi connectivity index (χ1v) is 8.52. The van der Waals surface area contributed by atoms with E-state index >= 15 is 0 Å². The highest BCUT2D eigenvalue weighted by Crippen LogP contribution is 2.30. The van der Waals surface area contributed by atoms with Gasteiger partial charge in [-0.15, -0.1) is 0 Å². The number of sulfonamides is 1. The van der Waals surface area contributed by atoms with Gasteiger partial charge >= 0.3 is 0 Å². The molecule has 2 N–H and O–H groups in total. The van der Waals surface area contributed by atoms with Crippen molar-refractivity contribution < 1.29 is 8.42 Å². The summed E-state index contributed by atoms with van der Waals surface area (Å²) >= 11 is 11.8. The fraction of sp³-hybridized carbons (Fsp3) is 0.500. The van der Waals surface area contributed by atoms with Gasteiger partial charge in [0.2, 0.25) is 10.0 Å². The summed E-state index contributed by atoms with van der Waals surface area (Å²) in [7, 11) is -3.41. The number of benzene rings is 1. The minimum absolute atomic E-state index is 0.0555. The molecule has 1 rings (SSSR count). The van der Waals surface area contributed by atoms with Crippen LogP contribution in [0.5, 0.6) is 0 Å². The predicted octanol–water partition coefficient (Wildman–Crippen LogP) is 3.12. The van der Waals surface area contributed by atoms with Gasteiger partial charge in [0.05, 0.1) is 21.5 Å². The first-order chi connectivity index (χ1) is 8.96. The van der Waals surface area contributed by atoms with Gasteiger partial charge in [-0.2, -0.15) is 0 Å². The molecule has 0 aromatic heterocycles. The van der Waals surface area contributed by atoms with Crippen molar-refractivity contribution >= 4 is 38.9 Å². The molecular formula is C12H18Cl2N2O2S. The van der Waals surface area contributed by atoms with Crippen LogP contribution < -0.4 is 10.0 Å². The van der Waals surface area contributed by atoms with Gasteiger partial charge in [0.1, 0.15) is 0 Å². The molecule has 0 saturated carbocycles. The van der Waals surface area contributed by atoms with Crippen molar-refractivity contribution in [2.24, 2.45) is 0 Å². The third-order valence-corrected chi connectivity index (χ3v) is 4.46. The van der Waals surface area contributed by atoms with Crippen LogP contribution in [-0.2, 0) is 10.0 Å². The van der Waals surface area contributed by atoms with E-state index in [1.54, 1.807) is 18.2 Å². The molecule has 1 aromatic rings. The maximum absolute atomic E-state index is 11.9. The Kier molecular flexibility index (Phi) is 6.93. The average Bonchev–Trinajstić information content (AvgIpc) is 2.34. The van der Waals surface area contributed by atoms with Gasteiger partial charge in [0, 0.05) is 0 Å². The number of para-hydroxylation sites is 1. The first-order valence-electron chi connectivity index (χ1n) is 6.11. The molecule has 0 unspecified atom stereocenters. The topological polar surface area (TPSA) is 58.2 Å². The summed E-state index contributed by atoms with van der Waals surface area (Å²) in [6.07, 6.45) is 1.40. The van der Waals surface area contributed by atoms with Crippen molar-refractivity contribution in [2.45, 2.75) is 19.8 Å². The molecule has 4 nitrogen and oxygen atoms in total. The van der Waals surface area contributed by atoms with E-state index in [0.717, 1.165) is 19.5 Å². The summed E-state index contributed by atoms with van der Waals surface area (Å²) in [4.78, 5) is 0. The Hall–Kier alpha value is -0.490. The number of unbranched alkanes of at least 4 members (excludes halogenated alkanes) is 1. The second-order valence-corrected chi connectivity index (χ2v) is 6.73. The molecule has 19 heavy (non-hydrogen) atoms. The fourth-order valence-corrected chi connectivity index (χ4v) is 3.34. The maximum atomic E-state index is 11.9. The zero-order valence-corrected chi connectivity index (χ0v) is 13.1. The highest BCUT2D eigenvalue weighted by molar-refractivity contribution is 7.92. The van der Waals surface area contributed by atoms with E-state index in [1.807, 2.05) is 6.92 Å². The van der Waals surface area contributed by atoms with Crippen LogP contribution in [0.4, 0.5) is 5.69 Å². The largest absolute Gasteiger partial charge is 0.317 e. The minimum atomic E-state index is -3.41. The minimum Gasteiger partial charge on any atom is -0.317 e. The lowest BCUT2D eigenvalue weighted by Gasteiger charge is -2.11. The van der Waals surface area contributed by atoms with E-state index in [9.17, 15) is 8.42 Å². The number of rotatable bonds is 8. The van der Waals surface area contributed by atoms with Crippen LogP contribution in [0.1, 0.15) is 19.8 Å². The molecule has 0 aliphatic rings. The summed E-state index contributed by atoms with van der Waals surface area (Å²) in [5.74, 6) is 0.0555. The van der Waals surface area contributed by atoms with Crippen LogP contribution in [0.3, 0.4) is 0 Å². The Balaban J connectivity index is 2.55. The molecule has 0 aliphatic heterocycles. The van der Waals surface area contributed by atoms with Crippen molar-refractivity contribution in [3.63, 3.8) is 0 Å². The summed E-state index contributed by atoms with van der Waals surface area (Å²) in [5.41, 5.74) is 0.248. The zero-order valence-electron chi connectivity index (χ0n) is 10.7. The van der Waals surface area contributed by atoms with E-state index in [0.29, 0.717) is 16.5 Å². The van der Waals surface area contributed by atoms with Gasteiger partial charge in [0.15, 0.2) is 0 Å². The summed E-state index contributed by atoms with van der Waals surface area (Å²) < 4.78 is 26.2. The van der Waals surface area contributed by atoms with E-state index in [-0.39, 0.29) is 11.4 Å². The Bertz CT molecular complexity index is 486. The van der Waals surface area contributed by atoms with Gasteiger partial charge in [-0.3, -0.25) is 4.72 Å². The maximum Gasteiger partial charge on any atom is 0.232 e. The van der Waals surface area contributed by atoms with Crippen LogP contribution in [0, 0.1) is 0 Å². The Morgan fingerprint density at radius 2 is 1.79 bits per heavy atom. The molecule has 0 aliphatic carbocycles. The number of anilines is 1. The van der Waals surface area contributed by atoms with Gasteiger partial charge in [0.25, 0.3) is 0 Å². The van der Waals surface area contributed by atoms with Crippen LogP contribution >= 0.6 is 23.2 Å². The first kappa shape index (κ1) is 16.6. The highest BCUT2D eigenvalue weighted by Gasteiger charge is 2.14. The molecule has 1 aromatic carbocycles. The van der Waals surface area contributed by atoms with Crippen molar-refractivity contribution in [1.29, 1.82) is 0 Å². The number of halogens is 2. The summed E-state index contributed by atoms with van der Waals surface area (Å²) in [6.45, 7) is 3.72. The molecule has 0 amide bonds. The van der Waals surface area contributed by atoms with E-state index in [2.05, 4.69) is 10.0 Å². The van der Waals surface area contributed by atoms with Crippen molar-refractivity contribution in [3.05, 3.63) is 28.2 Å². The summed E-state index contributed by atoms with van der Waals surface area (Å²) in [5, 5.41) is 3.74. The predicted molar refractivity (Wildman–Crippen MR) is 81.6 cm³/mol. The lowest BCUT2D eigenvalue weighted by atomic mass is 10.3. The number of nitrogens with one attached hydrogen (secondary N) is 2. The molecule has 0 fully saturated rings. The van der Waals surface area contributed by atoms with Gasteiger partial charge in [-0.05, 0) is 38.1 Å². The second kappa shape index (κ2) is 7.94. The van der Waals surface area contributed by atoms with Gasteiger partial charge in [-0.1, -0.05) is 36.2 Å². The quantitative estimate of drug-likeness (QED) is 0.722.